The lowest BCUT2D eigenvalue weighted by Crippen LogP contribution is -2.51. The first-order chi connectivity index (χ1) is 22.1. The zero-order chi connectivity index (χ0) is 34.2. The van der Waals surface area contributed by atoms with E-state index in [1.54, 1.807) is 0 Å². The van der Waals surface area contributed by atoms with Crippen LogP contribution in [0.5, 0.6) is 23.0 Å². The van der Waals surface area contributed by atoms with Gasteiger partial charge in [-0.05, 0) is 111 Å². The summed E-state index contributed by atoms with van der Waals surface area (Å²) in [7, 11) is 0. The maximum atomic E-state index is 12.6. The number of hydrogen-bond donors (Lipinski definition) is 4. The van der Waals surface area contributed by atoms with E-state index in [-0.39, 0.29) is 56.3 Å². The third kappa shape index (κ3) is 4.95. The smallest absolute Gasteiger partial charge is 0.305 e. The number of aromatic hydroxyl groups is 4. The summed E-state index contributed by atoms with van der Waals surface area (Å²) in [5.74, 6) is -1.03. The summed E-state index contributed by atoms with van der Waals surface area (Å²) in [5, 5.41) is 40.1. The first-order valence-electron chi connectivity index (χ1n) is 16.8. The molecule has 6 atom stereocenters. The molecule has 0 spiro atoms. The quantitative estimate of drug-likeness (QED) is 0.175. The lowest BCUT2D eigenvalue weighted by atomic mass is 9.47. The Hall–Kier alpha value is -4.14. The second kappa shape index (κ2) is 11.5. The van der Waals surface area contributed by atoms with Crippen LogP contribution in [0.1, 0.15) is 122 Å². The highest BCUT2D eigenvalue weighted by Gasteiger charge is 2.60. The van der Waals surface area contributed by atoms with Gasteiger partial charge in [0.05, 0.1) is 22.3 Å². The van der Waals surface area contributed by atoms with Gasteiger partial charge in [-0.1, -0.05) is 26.3 Å². The van der Waals surface area contributed by atoms with Crippen molar-refractivity contribution in [3.63, 3.8) is 0 Å². The normalized spacial score (nSPS) is 30.5. The van der Waals surface area contributed by atoms with Gasteiger partial charge in [-0.25, -0.2) is 0 Å². The minimum Gasteiger partial charge on any atom is -0.507 e. The summed E-state index contributed by atoms with van der Waals surface area (Å²) >= 11 is 0. The highest BCUT2D eigenvalue weighted by atomic mass is 16.5. The number of aryl methyl sites for hydroxylation is 2. The van der Waals surface area contributed by atoms with E-state index < -0.39 is 34.6 Å². The SMILES string of the molecule is CCC(=O)OC1CCC2C3CCC4=CC(=O)CCC4(C)C3CCC12C.Cc1cc(O)c2c(c1O)C(=O)c1c(O)cc(C)c(O)c1C2=O. The number of fused-ring (bicyclic) bond motifs is 7. The molecule has 0 radical (unpaired) electrons. The number of ketones is 3. The molecule has 3 fully saturated rings. The average molecular weight is 645 g/mol. The van der Waals surface area contributed by atoms with Gasteiger partial charge in [0, 0.05) is 18.3 Å². The Morgan fingerprint density at radius 1 is 0.787 bits per heavy atom. The van der Waals surface area contributed by atoms with Crippen molar-refractivity contribution in [1.29, 1.82) is 0 Å². The van der Waals surface area contributed by atoms with Crippen molar-refractivity contribution in [3.05, 3.63) is 57.2 Å². The Morgan fingerprint density at radius 3 is 1.91 bits per heavy atom. The van der Waals surface area contributed by atoms with Crippen molar-refractivity contribution in [3.8, 4) is 23.0 Å². The Balaban J connectivity index is 0.000000166. The third-order valence-electron chi connectivity index (χ3n) is 12.3. The van der Waals surface area contributed by atoms with E-state index in [9.17, 15) is 39.6 Å². The Kier molecular flexibility index (Phi) is 8.04. The lowest BCUT2D eigenvalue weighted by molar-refractivity contribution is -0.159. The largest absolute Gasteiger partial charge is 0.507 e. The summed E-state index contributed by atoms with van der Waals surface area (Å²) in [5.41, 5.74) is 0.780. The molecule has 0 heterocycles. The standard InChI is InChI=1S/C22H32O3.C16H12O6/c1-4-20(24)25-19-8-7-17-16-6-5-14-13-15(23)9-11-21(14,2)18(16)10-12-22(17,19)3;1-5-3-7(17)9-11(13(5)19)15(21)10-8(18)4-6(2)14(20)12(10)16(9)22/h13,16-19H,4-12H2,1-3H3;3-4,17-20H,1-2H3. The van der Waals surface area contributed by atoms with Gasteiger partial charge in [0.15, 0.2) is 5.78 Å². The van der Waals surface area contributed by atoms with Gasteiger partial charge < -0.3 is 25.2 Å². The van der Waals surface area contributed by atoms with E-state index >= 15 is 0 Å². The summed E-state index contributed by atoms with van der Waals surface area (Å²) < 4.78 is 5.86. The van der Waals surface area contributed by atoms with Crippen LogP contribution in [-0.4, -0.2) is 49.8 Å². The molecular formula is C38H44O9. The predicted molar refractivity (Wildman–Crippen MR) is 173 cm³/mol. The van der Waals surface area contributed by atoms with Crippen LogP contribution in [0.3, 0.4) is 0 Å². The molecule has 250 valence electrons. The Labute approximate surface area is 274 Å². The van der Waals surface area contributed by atoms with Gasteiger partial charge in [-0.3, -0.25) is 19.2 Å². The number of allylic oxidation sites excluding steroid dienone is 1. The fourth-order valence-electron chi connectivity index (χ4n) is 9.68. The molecule has 6 unspecified atom stereocenters. The molecular weight excluding hydrogens is 600 g/mol. The number of benzene rings is 2. The van der Waals surface area contributed by atoms with Gasteiger partial charge in [0.1, 0.15) is 29.1 Å². The van der Waals surface area contributed by atoms with Crippen LogP contribution in [-0.2, 0) is 14.3 Å². The van der Waals surface area contributed by atoms with Crippen molar-refractivity contribution >= 4 is 23.3 Å². The number of rotatable bonds is 2. The van der Waals surface area contributed by atoms with Gasteiger partial charge in [0.25, 0.3) is 0 Å². The summed E-state index contributed by atoms with van der Waals surface area (Å²) in [6, 6.07) is 2.33. The maximum absolute atomic E-state index is 12.6. The van der Waals surface area contributed by atoms with Crippen molar-refractivity contribution in [2.24, 2.45) is 28.6 Å². The molecule has 4 N–H and O–H groups in total. The fourth-order valence-corrected chi connectivity index (χ4v) is 9.68. The zero-order valence-corrected chi connectivity index (χ0v) is 27.7. The molecule has 0 aromatic heterocycles. The average Bonchev–Trinajstić information content (AvgIpc) is 3.35. The van der Waals surface area contributed by atoms with Crippen molar-refractivity contribution in [1.82, 2.24) is 0 Å². The predicted octanol–water partition coefficient (Wildman–Crippen LogP) is 6.74. The number of carbonyl (C=O) groups excluding carboxylic acids is 4. The van der Waals surface area contributed by atoms with E-state index in [4.69, 9.17) is 4.74 Å². The number of esters is 1. The van der Waals surface area contributed by atoms with Crippen LogP contribution in [0.15, 0.2) is 23.8 Å². The number of ether oxygens (including phenoxy) is 1. The van der Waals surface area contributed by atoms with Crippen LogP contribution in [0, 0.1) is 42.4 Å². The molecule has 47 heavy (non-hydrogen) atoms. The van der Waals surface area contributed by atoms with Crippen molar-refractivity contribution in [2.45, 2.75) is 98.5 Å². The second-order valence-corrected chi connectivity index (χ2v) is 14.7. The molecule has 3 saturated carbocycles. The van der Waals surface area contributed by atoms with Crippen LogP contribution in [0.4, 0.5) is 0 Å². The molecule has 9 heteroatoms. The molecule has 0 aliphatic heterocycles. The number of hydrogen-bond acceptors (Lipinski definition) is 9. The number of phenols is 4. The van der Waals surface area contributed by atoms with E-state index in [0.717, 1.165) is 50.2 Å². The monoisotopic (exact) mass is 644 g/mol. The lowest BCUT2D eigenvalue weighted by Gasteiger charge is -2.57. The van der Waals surface area contributed by atoms with Gasteiger partial charge in [-0.15, -0.1) is 0 Å². The first-order valence-corrected chi connectivity index (χ1v) is 16.8. The van der Waals surface area contributed by atoms with Crippen LogP contribution >= 0.6 is 0 Å². The first kappa shape index (κ1) is 32.8. The highest BCUT2D eigenvalue weighted by molar-refractivity contribution is 6.32. The molecule has 0 amide bonds. The van der Waals surface area contributed by atoms with Crippen molar-refractivity contribution < 1.29 is 44.3 Å². The number of phenolic OH excluding ortho intramolecular Hbond substituents is 4. The Bertz CT molecular complexity index is 1680. The van der Waals surface area contributed by atoms with E-state index in [0.29, 0.717) is 24.0 Å². The molecule has 5 aliphatic carbocycles. The van der Waals surface area contributed by atoms with Gasteiger partial charge >= 0.3 is 5.97 Å². The minimum atomic E-state index is -0.825. The highest BCUT2D eigenvalue weighted by Crippen LogP contribution is 2.65. The van der Waals surface area contributed by atoms with Crippen LogP contribution in [0.25, 0.3) is 0 Å². The van der Waals surface area contributed by atoms with Gasteiger partial charge in [0.2, 0.25) is 11.6 Å². The van der Waals surface area contributed by atoms with E-state index in [1.807, 2.05) is 13.0 Å². The Morgan fingerprint density at radius 2 is 1.36 bits per heavy atom. The molecule has 0 saturated heterocycles. The fraction of sp³-hybridized carbons (Fsp3) is 0.526. The molecule has 2 aromatic carbocycles. The zero-order valence-electron chi connectivity index (χ0n) is 27.7. The van der Waals surface area contributed by atoms with Crippen molar-refractivity contribution in [2.75, 3.05) is 0 Å². The molecule has 9 nitrogen and oxygen atoms in total. The minimum absolute atomic E-state index is 0.0411. The molecule has 5 aliphatic rings. The third-order valence-corrected chi connectivity index (χ3v) is 12.3. The molecule has 0 bridgehead atoms. The second-order valence-electron chi connectivity index (χ2n) is 14.7. The summed E-state index contributed by atoms with van der Waals surface area (Å²) in [4.78, 5) is 48.9. The maximum Gasteiger partial charge on any atom is 0.305 e. The van der Waals surface area contributed by atoms with Crippen LogP contribution in [0.2, 0.25) is 0 Å². The topological polar surface area (TPSA) is 158 Å². The van der Waals surface area contributed by atoms with Gasteiger partial charge in [-0.2, -0.15) is 0 Å². The number of carbonyl (C=O) groups is 4. The summed E-state index contributed by atoms with van der Waals surface area (Å²) in [6.45, 7) is 9.62. The van der Waals surface area contributed by atoms with E-state index in [2.05, 4.69) is 13.8 Å². The molecule has 2 aromatic rings. The summed E-state index contributed by atoms with van der Waals surface area (Å²) in [6.07, 6.45) is 11.3. The molecule has 7 rings (SSSR count). The van der Waals surface area contributed by atoms with E-state index in [1.165, 1.54) is 38.7 Å². The van der Waals surface area contributed by atoms with Crippen LogP contribution < -0.4 is 0 Å².